The first kappa shape index (κ1) is 16.8. The van der Waals surface area contributed by atoms with Crippen LogP contribution in [-0.4, -0.2) is 40.7 Å². The van der Waals surface area contributed by atoms with Crippen molar-refractivity contribution in [1.29, 1.82) is 0 Å². The lowest BCUT2D eigenvalue weighted by atomic mass is 10.2. The van der Waals surface area contributed by atoms with E-state index < -0.39 is 5.60 Å². The van der Waals surface area contributed by atoms with E-state index in [0.29, 0.717) is 12.4 Å². The first-order chi connectivity index (χ1) is 10.4. The molecule has 1 aromatic rings. The van der Waals surface area contributed by atoms with E-state index in [4.69, 9.17) is 9.15 Å². The van der Waals surface area contributed by atoms with Crippen molar-refractivity contribution >= 4 is 6.09 Å². The van der Waals surface area contributed by atoms with Gasteiger partial charge in [0.1, 0.15) is 11.4 Å². The van der Waals surface area contributed by atoms with Gasteiger partial charge in [0.05, 0.1) is 12.7 Å². The van der Waals surface area contributed by atoms with Gasteiger partial charge in [-0.15, -0.1) is 0 Å². The Morgan fingerprint density at radius 2 is 2.32 bits per heavy atom. The molecule has 0 aliphatic carbocycles. The molecule has 22 heavy (non-hydrogen) atoms. The molecule has 6 heteroatoms. The number of aryl methyl sites for hydroxylation is 1. The Morgan fingerprint density at radius 1 is 1.55 bits per heavy atom. The van der Waals surface area contributed by atoms with Gasteiger partial charge in [-0.1, -0.05) is 6.92 Å². The summed E-state index contributed by atoms with van der Waals surface area (Å²) in [6, 6.07) is 0.176. The van der Waals surface area contributed by atoms with Crippen molar-refractivity contribution in [3.63, 3.8) is 0 Å². The molecule has 1 unspecified atom stereocenters. The molecule has 2 heterocycles. The minimum absolute atomic E-state index is 0.176. The van der Waals surface area contributed by atoms with Crippen LogP contribution < -0.4 is 5.32 Å². The second-order valence-corrected chi connectivity index (χ2v) is 6.67. The van der Waals surface area contributed by atoms with Crippen LogP contribution >= 0.6 is 0 Å². The smallest absolute Gasteiger partial charge is 0.410 e. The number of hydrogen-bond acceptors (Lipinski definition) is 5. The number of amides is 1. The summed E-state index contributed by atoms with van der Waals surface area (Å²) >= 11 is 0. The fourth-order valence-electron chi connectivity index (χ4n) is 2.55. The molecule has 0 saturated carbocycles. The van der Waals surface area contributed by atoms with E-state index in [1.807, 2.05) is 32.6 Å². The molecule has 1 aliphatic rings. The molecule has 1 amide bonds. The molecule has 1 fully saturated rings. The highest BCUT2D eigenvalue weighted by molar-refractivity contribution is 5.69. The number of carbonyl (C=O) groups excluding carboxylic acids is 1. The predicted molar refractivity (Wildman–Crippen MR) is 83.5 cm³/mol. The fourth-order valence-corrected chi connectivity index (χ4v) is 2.55. The van der Waals surface area contributed by atoms with Crippen LogP contribution in [0, 0.1) is 0 Å². The van der Waals surface area contributed by atoms with Crippen molar-refractivity contribution in [3.05, 3.63) is 17.8 Å². The van der Waals surface area contributed by atoms with Gasteiger partial charge in [-0.05, 0) is 33.6 Å². The zero-order valence-corrected chi connectivity index (χ0v) is 14.0. The Kier molecular flexibility index (Phi) is 5.45. The number of ether oxygens (including phenoxy) is 1. The molecule has 0 radical (unpaired) electrons. The average Bonchev–Trinajstić information content (AvgIpc) is 3.05. The first-order valence-electron chi connectivity index (χ1n) is 8.03. The van der Waals surface area contributed by atoms with Gasteiger partial charge in [-0.2, -0.15) is 0 Å². The Morgan fingerprint density at radius 3 is 2.95 bits per heavy atom. The maximum absolute atomic E-state index is 12.2. The summed E-state index contributed by atoms with van der Waals surface area (Å²) in [7, 11) is 0. The number of nitrogens with one attached hydrogen (secondary N) is 1. The molecule has 1 N–H and O–H groups in total. The second kappa shape index (κ2) is 7.13. The third-order valence-corrected chi connectivity index (χ3v) is 3.61. The SMILES string of the molecule is CCc1cnc(CNCC2CCCN2C(=O)OC(C)(C)C)o1. The van der Waals surface area contributed by atoms with Crippen LogP contribution in [0.4, 0.5) is 4.79 Å². The number of rotatable bonds is 5. The Bertz CT molecular complexity index is 493. The normalized spacial score (nSPS) is 18.7. The number of nitrogens with zero attached hydrogens (tertiary/aromatic N) is 2. The van der Waals surface area contributed by atoms with Crippen LogP contribution in [0.3, 0.4) is 0 Å². The summed E-state index contributed by atoms with van der Waals surface area (Å²) in [6.45, 7) is 9.78. The Hall–Kier alpha value is -1.56. The molecule has 1 aromatic heterocycles. The molecule has 2 rings (SSSR count). The van der Waals surface area contributed by atoms with Gasteiger partial charge in [0.25, 0.3) is 0 Å². The summed E-state index contributed by atoms with van der Waals surface area (Å²) in [5, 5.41) is 3.32. The highest BCUT2D eigenvalue weighted by Gasteiger charge is 2.31. The number of likely N-dealkylation sites (tertiary alicyclic amines) is 1. The molecule has 0 spiro atoms. The summed E-state index contributed by atoms with van der Waals surface area (Å²) < 4.78 is 11.0. The molecule has 0 bridgehead atoms. The number of hydrogen-bond donors (Lipinski definition) is 1. The standard InChI is InChI=1S/C16H27N3O3/c1-5-13-10-18-14(21-13)11-17-9-12-7-6-8-19(12)15(20)22-16(2,3)4/h10,12,17H,5-9,11H2,1-4H3. The van der Waals surface area contributed by atoms with Gasteiger partial charge in [-0.3, -0.25) is 0 Å². The number of carbonyl (C=O) groups is 1. The van der Waals surface area contributed by atoms with E-state index in [9.17, 15) is 4.79 Å². The minimum atomic E-state index is -0.452. The van der Waals surface area contributed by atoms with Crippen LogP contribution in [0.2, 0.25) is 0 Å². The van der Waals surface area contributed by atoms with E-state index in [1.54, 1.807) is 6.20 Å². The van der Waals surface area contributed by atoms with Gasteiger partial charge in [-0.25, -0.2) is 9.78 Å². The monoisotopic (exact) mass is 309 g/mol. The molecule has 0 aromatic carbocycles. The summed E-state index contributed by atoms with van der Waals surface area (Å²) in [4.78, 5) is 18.2. The van der Waals surface area contributed by atoms with Crippen molar-refractivity contribution in [2.24, 2.45) is 0 Å². The molecule has 1 atom stereocenters. The van der Waals surface area contributed by atoms with Gasteiger partial charge >= 0.3 is 6.09 Å². The van der Waals surface area contributed by atoms with E-state index in [0.717, 1.165) is 38.1 Å². The van der Waals surface area contributed by atoms with E-state index in [1.165, 1.54) is 0 Å². The molecule has 124 valence electrons. The summed E-state index contributed by atoms with van der Waals surface area (Å²) in [6.07, 6.45) is 4.41. The highest BCUT2D eigenvalue weighted by atomic mass is 16.6. The van der Waals surface area contributed by atoms with Crippen molar-refractivity contribution in [2.75, 3.05) is 13.1 Å². The van der Waals surface area contributed by atoms with Crippen LogP contribution in [0.1, 0.15) is 52.2 Å². The largest absolute Gasteiger partial charge is 0.444 e. The second-order valence-electron chi connectivity index (χ2n) is 6.67. The highest BCUT2D eigenvalue weighted by Crippen LogP contribution is 2.20. The summed E-state index contributed by atoms with van der Waals surface area (Å²) in [5.41, 5.74) is -0.452. The molecule has 1 aliphatic heterocycles. The minimum Gasteiger partial charge on any atom is -0.444 e. The van der Waals surface area contributed by atoms with Gasteiger partial charge in [0, 0.05) is 25.6 Å². The predicted octanol–water partition coefficient (Wildman–Crippen LogP) is 2.73. The maximum Gasteiger partial charge on any atom is 0.410 e. The van der Waals surface area contributed by atoms with Gasteiger partial charge in [0.2, 0.25) is 5.89 Å². The Balaban J connectivity index is 1.80. The van der Waals surface area contributed by atoms with E-state index in [2.05, 4.69) is 10.3 Å². The lowest BCUT2D eigenvalue weighted by molar-refractivity contribution is 0.0226. The van der Waals surface area contributed by atoms with Gasteiger partial charge < -0.3 is 19.4 Å². The molecule has 6 nitrogen and oxygen atoms in total. The third kappa shape index (κ3) is 4.73. The van der Waals surface area contributed by atoms with Crippen LogP contribution in [0.15, 0.2) is 10.6 Å². The fraction of sp³-hybridized carbons (Fsp3) is 0.750. The first-order valence-corrected chi connectivity index (χ1v) is 8.03. The van der Waals surface area contributed by atoms with E-state index >= 15 is 0 Å². The topological polar surface area (TPSA) is 67.6 Å². The van der Waals surface area contributed by atoms with E-state index in [-0.39, 0.29) is 12.1 Å². The van der Waals surface area contributed by atoms with Gasteiger partial charge in [0.15, 0.2) is 0 Å². The van der Waals surface area contributed by atoms with Crippen LogP contribution in [0.25, 0.3) is 0 Å². The third-order valence-electron chi connectivity index (χ3n) is 3.61. The number of aromatic nitrogens is 1. The average molecular weight is 309 g/mol. The lowest BCUT2D eigenvalue weighted by Gasteiger charge is -2.28. The van der Waals surface area contributed by atoms with Crippen molar-refractivity contribution in [2.45, 2.75) is 65.1 Å². The zero-order chi connectivity index (χ0) is 16.2. The van der Waals surface area contributed by atoms with Crippen molar-refractivity contribution in [1.82, 2.24) is 15.2 Å². The molecular formula is C16H27N3O3. The maximum atomic E-state index is 12.2. The quantitative estimate of drug-likeness (QED) is 0.906. The van der Waals surface area contributed by atoms with Crippen molar-refractivity contribution < 1.29 is 13.9 Å². The summed E-state index contributed by atoms with van der Waals surface area (Å²) in [5.74, 6) is 1.59. The molecule has 1 saturated heterocycles. The lowest BCUT2D eigenvalue weighted by Crippen LogP contribution is -2.44. The van der Waals surface area contributed by atoms with Crippen LogP contribution in [0.5, 0.6) is 0 Å². The molecular weight excluding hydrogens is 282 g/mol. The van der Waals surface area contributed by atoms with Crippen LogP contribution in [-0.2, 0) is 17.7 Å². The van der Waals surface area contributed by atoms with Crippen molar-refractivity contribution in [3.8, 4) is 0 Å². The Labute approximate surface area is 132 Å². The zero-order valence-electron chi connectivity index (χ0n) is 14.0. The number of oxazole rings is 1.